The summed E-state index contributed by atoms with van der Waals surface area (Å²) in [5.41, 5.74) is 0.0217. The van der Waals surface area contributed by atoms with Crippen molar-refractivity contribution in [1.29, 1.82) is 0 Å². The third-order valence-electron chi connectivity index (χ3n) is 3.65. The second-order valence-corrected chi connectivity index (χ2v) is 5.62. The van der Waals surface area contributed by atoms with E-state index in [1.807, 2.05) is 30.3 Å². The molecule has 0 aromatic heterocycles. The van der Waals surface area contributed by atoms with Crippen molar-refractivity contribution in [3.8, 4) is 11.5 Å². The SMILES string of the molecule is O=C(Nc1ccc(Oc2ccccc2)cc1)C(=O)Nc1ccccc1[N+](=O)[O-]. The summed E-state index contributed by atoms with van der Waals surface area (Å²) in [5.74, 6) is -0.731. The van der Waals surface area contributed by atoms with Gasteiger partial charge in [-0.15, -0.1) is 0 Å². The van der Waals surface area contributed by atoms with Crippen molar-refractivity contribution < 1.29 is 19.2 Å². The van der Waals surface area contributed by atoms with E-state index in [1.54, 1.807) is 24.3 Å². The summed E-state index contributed by atoms with van der Waals surface area (Å²) >= 11 is 0. The van der Waals surface area contributed by atoms with E-state index in [9.17, 15) is 19.7 Å². The number of nitrogens with one attached hydrogen (secondary N) is 2. The minimum atomic E-state index is -1.01. The Balaban J connectivity index is 1.61. The Labute approximate surface area is 159 Å². The Kier molecular flexibility index (Phi) is 5.61. The second-order valence-electron chi connectivity index (χ2n) is 5.62. The predicted molar refractivity (Wildman–Crippen MR) is 103 cm³/mol. The molecule has 2 amide bonds. The van der Waals surface area contributed by atoms with Gasteiger partial charge in [0, 0.05) is 11.8 Å². The van der Waals surface area contributed by atoms with Crippen LogP contribution in [0.3, 0.4) is 0 Å². The lowest BCUT2D eigenvalue weighted by atomic mass is 10.2. The Morgan fingerprint density at radius 1 is 0.750 bits per heavy atom. The average molecular weight is 377 g/mol. The van der Waals surface area contributed by atoms with Crippen LogP contribution in [0.5, 0.6) is 11.5 Å². The highest BCUT2D eigenvalue weighted by Gasteiger charge is 2.19. The fraction of sp³-hybridized carbons (Fsp3) is 0. The Hall–Kier alpha value is -4.20. The molecule has 0 saturated carbocycles. The number of nitro benzene ring substituents is 1. The van der Waals surface area contributed by atoms with Crippen LogP contribution in [0.1, 0.15) is 0 Å². The summed E-state index contributed by atoms with van der Waals surface area (Å²) in [6, 6.07) is 21.2. The van der Waals surface area contributed by atoms with Gasteiger partial charge in [0.1, 0.15) is 17.2 Å². The molecule has 0 radical (unpaired) electrons. The van der Waals surface area contributed by atoms with Crippen molar-refractivity contribution in [2.75, 3.05) is 10.6 Å². The number of carbonyl (C=O) groups excluding carboxylic acids is 2. The summed E-state index contributed by atoms with van der Waals surface area (Å²) in [4.78, 5) is 34.4. The standard InChI is InChI=1S/C20H15N3O5/c24-19(20(25)22-17-8-4-5-9-18(17)23(26)27)21-14-10-12-16(13-11-14)28-15-6-2-1-3-7-15/h1-13H,(H,21,24)(H,22,25). The van der Waals surface area contributed by atoms with E-state index in [2.05, 4.69) is 10.6 Å². The van der Waals surface area contributed by atoms with Crippen LogP contribution in [0.4, 0.5) is 17.1 Å². The molecule has 0 bridgehead atoms. The van der Waals surface area contributed by atoms with Gasteiger partial charge in [-0.3, -0.25) is 19.7 Å². The highest BCUT2D eigenvalue weighted by atomic mass is 16.6. The summed E-state index contributed by atoms with van der Waals surface area (Å²) in [5, 5.41) is 15.6. The molecule has 3 aromatic carbocycles. The molecule has 8 nitrogen and oxygen atoms in total. The summed E-state index contributed by atoms with van der Waals surface area (Å²) in [6.45, 7) is 0. The number of nitro groups is 1. The maximum atomic E-state index is 12.0. The van der Waals surface area contributed by atoms with Gasteiger partial charge in [-0.1, -0.05) is 30.3 Å². The maximum absolute atomic E-state index is 12.0. The summed E-state index contributed by atoms with van der Waals surface area (Å²) in [6.07, 6.45) is 0. The van der Waals surface area contributed by atoms with E-state index < -0.39 is 16.7 Å². The number of ether oxygens (including phenoxy) is 1. The molecule has 3 aromatic rings. The van der Waals surface area contributed by atoms with Crippen molar-refractivity contribution in [2.24, 2.45) is 0 Å². The van der Waals surface area contributed by atoms with Crippen LogP contribution in [0.25, 0.3) is 0 Å². The van der Waals surface area contributed by atoms with E-state index in [-0.39, 0.29) is 11.4 Å². The smallest absolute Gasteiger partial charge is 0.314 e. The maximum Gasteiger partial charge on any atom is 0.314 e. The van der Waals surface area contributed by atoms with Gasteiger partial charge in [0.25, 0.3) is 5.69 Å². The van der Waals surface area contributed by atoms with Crippen LogP contribution < -0.4 is 15.4 Å². The molecular formula is C20H15N3O5. The molecule has 8 heteroatoms. The average Bonchev–Trinajstić information content (AvgIpc) is 2.70. The molecule has 0 fully saturated rings. The number of hydrogen-bond acceptors (Lipinski definition) is 5. The van der Waals surface area contributed by atoms with Gasteiger partial charge >= 0.3 is 11.8 Å². The molecule has 0 spiro atoms. The molecule has 0 aliphatic carbocycles. The van der Waals surface area contributed by atoms with Gasteiger partial charge in [0.2, 0.25) is 0 Å². The lowest BCUT2D eigenvalue weighted by molar-refractivity contribution is -0.383. The fourth-order valence-electron chi connectivity index (χ4n) is 2.34. The monoisotopic (exact) mass is 377 g/mol. The molecule has 2 N–H and O–H groups in total. The molecule has 3 rings (SSSR count). The molecule has 0 heterocycles. The van der Waals surface area contributed by atoms with E-state index in [4.69, 9.17) is 4.74 Å². The van der Waals surface area contributed by atoms with Crippen LogP contribution in [0, 0.1) is 10.1 Å². The number of nitrogens with zero attached hydrogens (tertiary/aromatic N) is 1. The van der Waals surface area contributed by atoms with Crippen LogP contribution in [0.2, 0.25) is 0 Å². The zero-order valence-electron chi connectivity index (χ0n) is 14.5. The topological polar surface area (TPSA) is 111 Å². The minimum Gasteiger partial charge on any atom is -0.457 e. The van der Waals surface area contributed by atoms with Crippen LogP contribution >= 0.6 is 0 Å². The first-order valence-corrected chi connectivity index (χ1v) is 8.21. The van der Waals surface area contributed by atoms with E-state index in [0.717, 1.165) is 0 Å². The van der Waals surface area contributed by atoms with Gasteiger partial charge in [0.05, 0.1) is 4.92 Å². The number of hydrogen-bond donors (Lipinski definition) is 2. The molecule has 0 atom stereocenters. The zero-order chi connectivity index (χ0) is 19.9. The summed E-state index contributed by atoms with van der Waals surface area (Å²) in [7, 11) is 0. The van der Waals surface area contributed by atoms with Crippen LogP contribution in [-0.2, 0) is 9.59 Å². The number of carbonyl (C=O) groups is 2. The van der Waals surface area contributed by atoms with Crippen LogP contribution in [-0.4, -0.2) is 16.7 Å². The van der Waals surface area contributed by atoms with Crippen molar-refractivity contribution in [3.05, 3.63) is 89.0 Å². The first-order valence-electron chi connectivity index (χ1n) is 8.21. The van der Waals surface area contributed by atoms with Gasteiger partial charge in [-0.25, -0.2) is 0 Å². The molecule has 28 heavy (non-hydrogen) atoms. The molecule has 0 aliphatic rings. The Morgan fingerprint density at radius 3 is 2.00 bits per heavy atom. The number of rotatable bonds is 5. The summed E-state index contributed by atoms with van der Waals surface area (Å²) < 4.78 is 5.64. The first-order chi connectivity index (χ1) is 13.5. The normalized spacial score (nSPS) is 10.0. The van der Waals surface area contributed by atoms with Crippen molar-refractivity contribution >= 4 is 28.9 Å². The van der Waals surface area contributed by atoms with Gasteiger partial charge in [-0.2, -0.15) is 0 Å². The first kappa shape index (κ1) is 18.6. The lowest BCUT2D eigenvalue weighted by Crippen LogP contribution is -2.29. The van der Waals surface area contributed by atoms with Gasteiger partial charge in [-0.05, 0) is 42.5 Å². The van der Waals surface area contributed by atoms with Crippen molar-refractivity contribution in [2.45, 2.75) is 0 Å². The second kappa shape index (κ2) is 8.45. The van der Waals surface area contributed by atoms with E-state index >= 15 is 0 Å². The quantitative estimate of drug-likeness (QED) is 0.397. The molecule has 0 unspecified atom stereocenters. The van der Waals surface area contributed by atoms with Gasteiger partial charge < -0.3 is 15.4 Å². The number of amides is 2. The van der Waals surface area contributed by atoms with E-state index in [1.165, 1.54) is 24.3 Å². The number of benzene rings is 3. The van der Waals surface area contributed by atoms with Crippen LogP contribution in [0.15, 0.2) is 78.9 Å². The largest absolute Gasteiger partial charge is 0.457 e. The third-order valence-corrected chi connectivity index (χ3v) is 3.65. The highest BCUT2D eigenvalue weighted by molar-refractivity contribution is 6.43. The Morgan fingerprint density at radius 2 is 1.32 bits per heavy atom. The van der Waals surface area contributed by atoms with Crippen molar-refractivity contribution in [3.63, 3.8) is 0 Å². The Bertz CT molecular complexity index is 1000. The third kappa shape index (κ3) is 4.70. The minimum absolute atomic E-state index is 0.0562. The predicted octanol–water partition coefficient (Wildman–Crippen LogP) is 3.96. The molecule has 140 valence electrons. The number of para-hydroxylation sites is 3. The molecule has 0 aliphatic heterocycles. The molecule has 0 saturated heterocycles. The lowest BCUT2D eigenvalue weighted by Gasteiger charge is -2.08. The highest BCUT2D eigenvalue weighted by Crippen LogP contribution is 2.24. The van der Waals surface area contributed by atoms with E-state index in [0.29, 0.717) is 17.2 Å². The number of anilines is 2. The fourth-order valence-corrected chi connectivity index (χ4v) is 2.34. The molecular weight excluding hydrogens is 362 g/mol. The van der Waals surface area contributed by atoms with Crippen molar-refractivity contribution in [1.82, 2.24) is 0 Å². The van der Waals surface area contributed by atoms with Gasteiger partial charge in [0.15, 0.2) is 0 Å². The zero-order valence-corrected chi connectivity index (χ0v) is 14.5.